The van der Waals surface area contributed by atoms with Crippen LogP contribution < -0.4 is 10.6 Å². The number of nitrogens with one attached hydrogen (secondary N) is 2. The number of imidazole rings is 2. The van der Waals surface area contributed by atoms with E-state index in [4.69, 9.17) is 19.6 Å². The summed E-state index contributed by atoms with van der Waals surface area (Å²) in [5, 5.41) is 47.1. The highest BCUT2D eigenvalue weighted by molar-refractivity contribution is 5.84. The van der Waals surface area contributed by atoms with E-state index in [1.54, 1.807) is 17.9 Å². The summed E-state index contributed by atoms with van der Waals surface area (Å²) in [5.41, 5.74) is 3.08. The molecule has 0 amide bonds. The van der Waals surface area contributed by atoms with Crippen molar-refractivity contribution >= 4 is 29.4 Å². The van der Waals surface area contributed by atoms with Crippen LogP contribution in [0.25, 0.3) is 11.2 Å². The van der Waals surface area contributed by atoms with E-state index in [9.17, 15) is 10.2 Å². The molecule has 0 radical (unpaired) electrons. The fourth-order valence-corrected chi connectivity index (χ4v) is 4.69. The number of nitrogens with zero attached hydrogens (tertiary/aromatic N) is 10. The van der Waals surface area contributed by atoms with Crippen molar-refractivity contribution < 1.29 is 24.9 Å². The molecule has 17 nitrogen and oxygen atoms in total. The topological polar surface area (TPSA) is 216 Å². The van der Waals surface area contributed by atoms with Crippen molar-refractivity contribution in [3.05, 3.63) is 66.3 Å². The van der Waals surface area contributed by atoms with Gasteiger partial charge in [-0.1, -0.05) is 30.3 Å². The van der Waals surface area contributed by atoms with Gasteiger partial charge in [0, 0.05) is 32.8 Å². The van der Waals surface area contributed by atoms with Gasteiger partial charge in [-0.05, 0) is 17.2 Å². The Morgan fingerprint density at radius 2 is 1.77 bits per heavy atom. The number of carbonyl (C=O) groups is 1. The van der Waals surface area contributed by atoms with Crippen LogP contribution in [0.3, 0.4) is 0 Å². The highest BCUT2D eigenvalue weighted by atomic mass is 16.6. The number of tetrazole rings is 1. The highest BCUT2D eigenvalue weighted by Gasteiger charge is 2.47. The van der Waals surface area contributed by atoms with Gasteiger partial charge >= 0.3 is 0 Å². The Morgan fingerprint density at radius 1 is 1.00 bits per heavy atom. The van der Waals surface area contributed by atoms with Crippen molar-refractivity contribution in [2.24, 2.45) is 14.1 Å². The van der Waals surface area contributed by atoms with E-state index in [2.05, 4.69) is 53.1 Å². The maximum atomic E-state index is 10.9. The largest absolute Gasteiger partial charge is 0.483 e. The van der Waals surface area contributed by atoms with Gasteiger partial charge in [-0.15, -0.1) is 10.2 Å². The average molecular weight is 593 g/mol. The number of hydrogen-bond acceptors (Lipinski definition) is 13. The molecule has 1 aliphatic rings. The van der Waals surface area contributed by atoms with Crippen molar-refractivity contribution in [1.82, 2.24) is 49.3 Å². The second-order valence-electron chi connectivity index (χ2n) is 9.76. The number of aromatic nitrogens is 10. The second-order valence-corrected chi connectivity index (χ2v) is 9.76. The number of aryl methyl sites for hydroxylation is 2. The minimum atomic E-state index is -1.28. The van der Waals surface area contributed by atoms with E-state index in [1.807, 2.05) is 36.0 Å². The zero-order chi connectivity index (χ0) is 30.3. The highest BCUT2D eigenvalue weighted by Crippen LogP contribution is 2.39. The van der Waals surface area contributed by atoms with E-state index < -0.39 is 24.5 Å². The first kappa shape index (κ1) is 29.5. The van der Waals surface area contributed by atoms with Crippen molar-refractivity contribution in [3.63, 3.8) is 0 Å². The number of aliphatic hydroxyl groups is 2. The number of ether oxygens (including phenoxy) is 1. The Balaban J connectivity index is 0.00000118. The molecule has 6 rings (SSSR count). The molecule has 0 saturated carbocycles. The molecule has 1 fully saturated rings. The zero-order valence-electron chi connectivity index (χ0n) is 23.5. The predicted octanol–water partition coefficient (Wildman–Crippen LogP) is 0.0852. The fraction of sp³-hybridized carbons (Fsp3) is 0.385. The SMILES string of the molecule is Cn1cnc(CCNc2nc(NCCc3ccccc3)c3ncn([C@@H]4O[C@H](c5nnn(C)n5)[C@@H](O)[C@H]4O)c3n2)c1.O=CO. The van der Waals surface area contributed by atoms with Crippen LogP contribution in [-0.4, -0.2) is 96.4 Å². The Labute approximate surface area is 245 Å². The van der Waals surface area contributed by atoms with Gasteiger partial charge in [0.15, 0.2) is 29.3 Å². The van der Waals surface area contributed by atoms with Crippen LogP contribution in [0.1, 0.15) is 29.4 Å². The van der Waals surface area contributed by atoms with E-state index >= 15 is 0 Å². The summed E-state index contributed by atoms with van der Waals surface area (Å²) in [4.78, 5) is 27.9. The van der Waals surface area contributed by atoms with E-state index in [0.29, 0.717) is 42.4 Å². The van der Waals surface area contributed by atoms with Crippen molar-refractivity contribution in [1.29, 1.82) is 0 Å². The maximum absolute atomic E-state index is 10.9. The third-order valence-corrected chi connectivity index (χ3v) is 6.68. The molecule has 5 aromatic rings. The summed E-state index contributed by atoms with van der Waals surface area (Å²) in [5.74, 6) is 1.10. The number of hydrogen-bond donors (Lipinski definition) is 5. The third-order valence-electron chi connectivity index (χ3n) is 6.68. The van der Waals surface area contributed by atoms with Gasteiger partial charge in [-0.3, -0.25) is 9.36 Å². The van der Waals surface area contributed by atoms with Crippen LogP contribution >= 0.6 is 0 Å². The molecule has 0 unspecified atom stereocenters. The normalized spacial score (nSPS) is 19.6. The van der Waals surface area contributed by atoms with Crippen LogP contribution in [0.2, 0.25) is 0 Å². The van der Waals surface area contributed by atoms with Crippen LogP contribution in [0, 0.1) is 0 Å². The summed E-state index contributed by atoms with van der Waals surface area (Å²) < 4.78 is 9.52. The summed E-state index contributed by atoms with van der Waals surface area (Å²) >= 11 is 0. The molecule has 17 heteroatoms. The molecule has 4 atom stereocenters. The molecule has 5 heterocycles. The molecule has 0 bridgehead atoms. The number of carboxylic acid groups (broad SMARTS) is 1. The lowest BCUT2D eigenvalue weighted by Gasteiger charge is -2.17. The molecule has 1 aromatic carbocycles. The van der Waals surface area contributed by atoms with Crippen LogP contribution in [-0.2, 0) is 36.5 Å². The van der Waals surface area contributed by atoms with Gasteiger partial charge in [0.25, 0.3) is 6.47 Å². The molecule has 0 spiro atoms. The minimum absolute atomic E-state index is 0.177. The fourth-order valence-electron chi connectivity index (χ4n) is 4.69. The minimum Gasteiger partial charge on any atom is -0.483 e. The maximum Gasteiger partial charge on any atom is 0.290 e. The summed E-state index contributed by atoms with van der Waals surface area (Å²) in [6.45, 7) is 0.930. The van der Waals surface area contributed by atoms with Crippen molar-refractivity contribution in [2.45, 2.75) is 37.4 Å². The molecule has 4 aromatic heterocycles. The molecule has 43 heavy (non-hydrogen) atoms. The number of benzene rings is 1. The standard InChI is InChI=1S/C25H30N12O3.CH2O2/c1-35-12-16(28-13-35)9-11-27-25-30-21(26-10-8-15-6-4-3-5-7-15)17-23(31-25)37(14-29-17)24-19(39)18(38)20(40-24)22-32-34-36(2)33-22;2-1-3/h3-7,12-14,18-20,24,38-39H,8-11H2,1-2H3,(H2,26,27,30,31);1H,(H,2,3)/t18-,19+,20-,24+;/m0./s1. The van der Waals surface area contributed by atoms with Crippen LogP contribution in [0.15, 0.2) is 49.2 Å². The van der Waals surface area contributed by atoms with Crippen molar-refractivity contribution in [2.75, 3.05) is 23.7 Å². The van der Waals surface area contributed by atoms with E-state index in [0.717, 1.165) is 12.1 Å². The molecular weight excluding hydrogens is 560 g/mol. The number of rotatable bonds is 10. The first-order valence-corrected chi connectivity index (χ1v) is 13.4. The number of aliphatic hydroxyl groups excluding tert-OH is 2. The van der Waals surface area contributed by atoms with Gasteiger partial charge in [-0.25, -0.2) is 9.97 Å². The Morgan fingerprint density at radius 3 is 2.47 bits per heavy atom. The van der Waals surface area contributed by atoms with E-state index in [1.165, 1.54) is 16.7 Å². The molecule has 1 saturated heterocycles. The van der Waals surface area contributed by atoms with Gasteiger partial charge < -0.3 is 35.3 Å². The molecule has 226 valence electrons. The predicted molar refractivity (Wildman–Crippen MR) is 152 cm³/mol. The molecule has 1 aliphatic heterocycles. The summed E-state index contributed by atoms with van der Waals surface area (Å²) in [7, 11) is 3.54. The first-order valence-electron chi connectivity index (χ1n) is 13.4. The monoisotopic (exact) mass is 592 g/mol. The number of fused-ring (bicyclic) bond motifs is 1. The van der Waals surface area contributed by atoms with Gasteiger partial charge in [-0.2, -0.15) is 14.8 Å². The van der Waals surface area contributed by atoms with E-state index in [-0.39, 0.29) is 12.3 Å². The Kier molecular flexibility index (Phi) is 9.14. The quantitative estimate of drug-likeness (QED) is 0.136. The van der Waals surface area contributed by atoms with Crippen molar-refractivity contribution in [3.8, 4) is 0 Å². The lowest BCUT2D eigenvalue weighted by molar-refractivity contribution is -0.122. The summed E-state index contributed by atoms with van der Waals surface area (Å²) in [6.07, 6.45) is 2.21. The Bertz CT molecular complexity index is 1640. The van der Waals surface area contributed by atoms with Gasteiger partial charge in [0.1, 0.15) is 12.2 Å². The summed E-state index contributed by atoms with van der Waals surface area (Å²) in [6, 6.07) is 10.2. The molecular formula is C26H32N12O5. The smallest absolute Gasteiger partial charge is 0.290 e. The average Bonchev–Trinajstić information content (AvgIpc) is 3.78. The lowest BCUT2D eigenvalue weighted by Crippen LogP contribution is -2.29. The van der Waals surface area contributed by atoms with Gasteiger partial charge in [0.2, 0.25) is 11.8 Å². The third kappa shape index (κ3) is 6.74. The van der Waals surface area contributed by atoms with Gasteiger partial charge in [0.05, 0.1) is 25.4 Å². The molecule has 0 aliphatic carbocycles. The second kappa shape index (κ2) is 13.3. The zero-order valence-corrected chi connectivity index (χ0v) is 23.5. The van der Waals surface area contributed by atoms with Crippen LogP contribution in [0.5, 0.6) is 0 Å². The Hall–Kier alpha value is -5.00. The first-order chi connectivity index (χ1) is 20.9. The van der Waals surface area contributed by atoms with Crippen LogP contribution in [0.4, 0.5) is 11.8 Å². The lowest BCUT2D eigenvalue weighted by atomic mass is 10.1. The molecule has 5 N–H and O–H groups in total. The number of anilines is 2.